The summed E-state index contributed by atoms with van der Waals surface area (Å²) in [4.78, 5) is 8.81. The monoisotopic (exact) mass is 525 g/mol. The van der Waals surface area contributed by atoms with E-state index in [1.807, 2.05) is 17.9 Å². The summed E-state index contributed by atoms with van der Waals surface area (Å²) >= 11 is 0. The molecule has 0 amide bonds. The molecule has 0 aromatic heterocycles. The van der Waals surface area contributed by atoms with Gasteiger partial charge in [-0.1, -0.05) is 12.1 Å². The predicted molar refractivity (Wildman–Crippen MR) is 122 cm³/mol. The highest BCUT2D eigenvalue weighted by molar-refractivity contribution is 14.0. The number of para-hydroxylation sites is 1. The highest BCUT2D eigenvalue weighted by Crippen LogP contribution is 2.20. The van der Waals surface area contributed by atoms with Crippen molar-refractivity contribution in [3.8, 4) is 0 Å². The molecule has 0 bridgehead atoms. The molecule has 28 heavy (non-hydrogen) atoms. The molecule has 158 valence electrons. The van der Waals surface area contributed by atoms with Crippen LogP contribution in [0.2, 0.25) is 0 Å². The van der Waals surface area contributed by atoms with Crippen molar-refractivity contribution >= 4 is 45.6 Å². The number of nitrogens with zero attached hydrogens (tertiary/aromatic N) is 4. The molecule has 2 fully saturated rings. The predicted octanol–water partition coefficient (Wildman–Crippen LogP) is 1.57. The van der Waals surface area contributed by atoms with Crippen LogP contribution in [0.4, 0.5) is 10.1 Å². The molecule has 2 aliphatic heterocycles. The molecular weight excluding hydrogens is 496 g/mol. The molecule has 2 heterocycles. The summed E-state index contributed by atoms with van der Waals surface area (Å²) in [6.07, 6.45) is 0.699. The van der Waals surface area contributed by atoms with Crippen LogP contribution in [0.5, 0.6) is 0 Å². The largest absolute Gasteiger partial charge is 0.366 e. The number of anilines is 1. The summed E-state index contributed by atoms with van der Waals surface area (Å²) in [5, 5.41) is 3.28. The Bertz CT molecular complexity index is 769. The van der Waals surface area contributed by atoms with Crippen LogP contribution in [-0.4, -0.2) is 81.7 Å². The fraction of sp³-hybridized carbons (Fsp3) is 0.611. The minimum Gasteiger partial charge on any atom is -0.366 e. The second kappa shape index (κ2) is 10.6. The average Bonchev–Trinajstić information content (AvgIpc) is 3.00. The van der Waals surface area contributed by atoms with Gasteiger partial charge in [0.15, 0.2) is 5.96 Å². The number of halogens is 2. The number of nitrogens with one attached hydrogen (secondary N) is 1. The molecule has 0 unspecified atom stereocenters. The first kappa shape index (κ1) is 23.1. The van der Waals surface area contributed by atoms with Crippen LogP contribution in [0.25, 0.3) is 0 Å². The number of aliphatic imine (C=N–C) groups is 1. The van der Waals surface area contributed by atoms with E-state index in [-0.39, 0.29) is 35.5 Å². The second-order valence-corrected chi connectivity index (χ2v) is 8.82. The number of guanidine groups is 1. The first-order valence-corrected chi connectivity index (χ1v) is 11.1. The van der Waals surface area contributed by atoms with E-state index in [2.05, 4.69) is 15.2 Å². The summed E-state index contributed by atoms with van der Waals surface area (Å²) in [5.41, 5.74) is 0.637. The summed E-state index contributed by atoms with van der Waals surface area (Å²) in [6.45, 7) is 7.11. The lowest BCUT2D eigenvalue weighted by molar-refractivity contribution is 0.369. The number of benzene rings is 1. The Balaban J connectivity index is 0.00000280. The molecule has 3 rings (SSSR count). The third-order valence-corrected chi connectivity index (χ3v) is 6.88. The van der Waals surface area contributed by atoms with Gasteiger partial charge in [0.05, 0.1) is 18.0 Å². The number of rotatable bonds is 5. The minimum atomic E-state index is -3.08. The van der Waals surface area contributed by atoms with Gasteiger partial charge in [-0.3, -0.25) is 4.99 Å². The van der Waals surface area contributed by atoms with Gasteiger partial charge < -0.3 is 15.1 Å². The minimum absolute atomic E-state index is 0. The highest BCUT2D eigenvalue weighted by atomic mass is 127. The topological polar surface area (TPSA) is 68.2 Å². The van der Waals surface area contributed by atoms with Gasteiger partial charge >= 0.3 is 0 Å². The van der Waals surface area contributed by atoms with E-state index in [0.29, 0.717) is 44.8 Å². The van der Waals surface area contributed by atoms with Crippen LogP contribution < -0.4 is 10.2 Å². The quantitative estimate of drug-likeness (QED) is 0.359. The number of hydrogen-bond donors (Lipinski definition) is 1. The maximum absolute atomic E-state index is 14.0. The van der Waals surface area contributed by atoms with Gasteiger partial charge in [0.1, 0.15) is 5.82 Å². The van der Waals surface area contributed by atoms with E-state index in [1.165, 1.54) is 10.4 Å². The third-order valence-electron chi connectivity index (χ3n) is 4.92. The first-order chi connectivity index (χ1) is 13.0. The zero-order chi connectivity index (χ0) is 19.3. The molecule has 0 aliphatic carbocycles. The summed E-state index contributed by atoms with van der Waals surface area (Å²) < 4.78 is 39.3. The maximum Gasteiger partial charge on any atom is 0.214 e. The zero-order valence-electron chi connectivity index (χ0n) is 16.2. The molecule has 0 radical (unpaired) electrons. The molecule has 1 N–H and O–H groups in total. The molecule has 10 heteroatoms. The van der Waals surface area contributed by atoms with Crippen molar-refractivity contribution in [2.24, 2.45) is 4.99 Å². The molecule has 2 aliphatic rings. The van der Waals surface area contributed by atoms with Crippen molar-refractivity contribution in [1.29, 1.82) is 0 Å². The van der Waals surface area contributed by atoms with Crippen molar-refractivity contribution < 1.29 is 12.8 Å². The third kappa shape index (κ3) is 5.69. The van der Waals surface area contributed by atoms with Crippen LogP contribution in [0, 0.1) is 5.82 Å². The Labute approximate surface area is 184 Å². The summed E-state index contributed by atoms with van der Waals surface area (Å²) in [6, 6.07) is 6.84. The number of hydrogen-bond acceptors (Lipinski definition) is 4. The van der Waals surface area contributed by atoms with Crippen LogP contribution in [-0.2, 0) is 10.0 Å². The number of sulfonamides is 1. The molecule has 0 saturated carbocycles. The van der Waals surface area contributed by atoms with E-state index < -0.39 is 10.0 Å². The Morgan fingerprint density at radius 2 is 1.89 bits per heavy atom. The molecule has 7 nitrogen and oxygen atoms in total. The van der Waals surface area contributed by atoms with Gasteiger partial charge in [0.25, 0.3) is 0 Å². The van der Waals surface area contributed by atoms with Crippen LogP contribution >= 0.6 is 24.0 Å². The smallest absolute Gasteiger partial charge is 0.214 e. The normalized spacial score (nSPS) is 20.1. The van der Waals surface area contributed by atoms with Gasteiger partial charge in [-0.25, -0.2) is 17.1 Å². The lowest BCUT2D eigenvalue weighted by Gasteiger charge is -2.37. The van der Waals surface area contributed by atoms with Crippen molar-refractivity contribution in [3.05, 3.63) is 30.1 Å². The molecule has 0 atom stereocenters. The van der Waals surface area contributed by atoms with Crippen molar-refractivity contribution in [2.75, 3.05) is 63.0 Å². The molecule has 1 aromatic carbocycles. The Morgan fingerprint density at radius 3 is 2.50 bits per heavy atom. The number of piperazine rings is 1. The van der Waals surface area contributed by atoms with Gasteiger partial charge in [0.2, 0.25) is 10.0 Å². The fourth-order valence-electron chi connectivity index (χ4n) is 3.50. The van der Waals surface area contributed by atoms with Crippen LogP contribution in [0.1, 0.15) is 13.3 Å². The van der Waals surface area contributed by atoms with Crippen molar-refractivity contribution in [3.63, 3.8) is 0 Å². The fourth-order valence-corrected chi connectivity index (χ4v) is 5.02. The SMILES string of the molecule is CCNC(=NCCN1CCCS1(=O)=O)N1CCN(c2ccccc2F)CC1.I. The highest BCUT2D eigenvalue weighted by Gasteiger charge is 2.27. The van der Waals surface area contributed by atoms with E-state index in [9.17, 15) is 12.8 Å². The van der Waals surface area contributed by atoms with E-state index in [1.54, 1.807) is 12.1 Å². The van der Waals surface area contributed by atoms with E-state index in [0.717, 1.165) is 25.6 Å². The zero-order valence-corrected chi connectivity index (χ0v) is 19.3. The average molecular weight is 525 g/mol. The lowest BCUT2D eigenvalue weighted by atomic mass is 10.2. The molecule has 1 aromatic rings. The maximum atomic E-state index is 14.0. The Hall–Kier alpha value is -1.14. The van der Waals surface area contributed by atoms with Crippen LogP contribution in [0.3, 0.4) is 0 Å². The van der Waals surface area contributed by atoms with Gasteiger partial charge in [-0.2, -0.15) is 0 Å². The molecular formula is C18H29FIN5O2S. The standard InChI is InChI=1S/C18H28FN5O2S.HI/c1-2-20-18(21-8-10-24-9-5-15-27(24,25)26)23-13-11-22(12-14-23)17-7-4-3-6-16(17)19;/h3-4,6-7H,2,5,8-15H2,1H3,(H,20,21);1H. The Morgan fingerprint density at radius 1 is 1.18 bits per heavy atom. The van der Waals surface area contributed by atoms with Gasteiger partial charge in [-0.15, -0.1) is 24.0 Å². The van der Waals surface area contributed by atoms with Gasteiger partial charge in [-0.05, 0) is 25.5 Å². The van der Waals surface area contributed by atoms with E-state index >= 15 is 0 Å². The van der Waals surface area contributed by atoms with Crippen LogP contribution in [0.15, 0.2) is 29.3 Å². The summed E-state index contributed by atoms with van der Waals surface area (Å²) in [7, 11) is -3.08. The summed E-state index contributed by atoms with van der Waals surface area (Å²) in [5.74, 6) is 0.843. The molecule has 0 spiro atoms. The second-order valence-electron chi connectivity index (χ2n) is 6.73. The molecule has 2 saturated heterocycles. The van der Waals surface area contributed by atoms with E-state index in [4.69, 9.17) is 0 Å². The van der Waals surface area contributed by atoms with Crippen molar-refractivity contribution in [1.82, 2.24) is 14.5 Å². The lowest BCUT2D eigenvalue weighted by Crippen LogP contribution is -2.53. The van der Waals surface area contributed by atoms with Gasteiger partial charge in [0, 0.05) is 45.8 Å². The van der Waals surface area contributed by atoms with Crippen molar-refractivity contribution in [2.45, 2.75) is 13.3 Å². The Kier molecular flexibility index (Phi) is 8.75. The first-order valence-electron chi connectivity index (χ1n) is 9.52.